The fraction of sp³-hybridized carbons (Fsp3) is 0.556. The van der Waals surface area contributed by atoms with Crippen LogP contribution in [0.5, 0.6) is 0 Å². The van der Waals surface area contributed by atoms with Gasteiger partial charge in [-0.3, -0.25) is 0 Å². The monoisotopic (exact) mass is 246 g/mol. The van der Waals surface area contributed by atoms with Crippen LogP contribution in [0.2, 0.25) is 0 Å². The van der Waals surface area contributed by atoms with E-state index in [9.17, 15) is 8.42 Å². The molecule has 0 atom stereocenters. The maximum Gasteiger partial charge on any atom is 0.247 e. The van der Waals surface area contributed by atoms with E-state index in [1.807, 2.05) is 6.07 Å². The predicted octanol–water partition coefficient (Wildman–Crippen LogP) is 0.690. The van der Waals surface area contributed by atoms with E-state index in [4.69, 9.17) is 5.14 Å². The molecule has 1 aliphatic rings. The van der Waals surface area contributed by atoms with Crippen molar-refractivity contribution in [3.8, 4) is 0 Å². The summed E-state index contributed by atoms with van der Waals surface area (Å²) >= 11 is 1.26. The zero-order chi connectivity index (χ0) is 10.9. The fourth-order valence-electron chi connectivity index (χ4n) is 1.33. The van der Waals surface area contributed by atoms with Crippen LogP contribution in [0.1, 0.15) is 17.7 Å². The molecule has 3 N–H and O–H groups in total. The molecule has 84 valence electrons. The van der Waals surface area contributed by atoms with Crippen molar-refractivity contribution in [1.82, 2.24) is 5.32 Å². The third-order valence-electron chi connectivity index (χ3n) is 2.30. The molecule has 1 aromatic heterocycles. The van der Waals surface area contributed by atoms with Crippen LogP contribution in [0.4, 0.5) is 0 Å². The number of hydrogen-bond donors (Lipinski definition) is 2. The standard InChI is InChI=1S/C9H14N2O2S2/c10-15(12,13)9-4-3-8(14-9)5-6-11-7-1-2-7/h3-4,7,11H,1-2,5-6H2,(H2,10,12,13). The van der Waals surface area contributed by atoms with Crippen molar-refractivity contribution < 1.29 is 8.42 Å². The Bertz CT molecular complexity index is 435. The van der Waals surface area contributed by atoms with Gasteiger partial charge in [0.05, 0.1) is 0 Å². The molecule has 6 heteroatoms. The van der Waals surface area contributed by atoms with E-state index >= 15 is 0 Å². The first-order valence-electron chi connectivity index (χ1n) is 4.90. The molecule has 0 aliphatic heterocycles. The number of thiophene rings is 1. The summed E-state index contributed by atoms with van der Waals surface area (Å²) < 4.78 is 22.3. The molecule has 2 rings (SSSR count). The van der Waals surface area contributed by atoms with Gasteiger partial charge in [-0.2, -0.15) is 0 Å². The third kappa shape index (κ3) is 3.27. The van der Waals surface area contributed by atoms with Gasteiger partial charge < -0.3 is 5.32 Å². The second-order valence-corrected chi connectivity index (χ2v) is 6.70. The molecule has 0 radical (unpaired) electrons. The maximum atomic E-state index is 11.0. The van der Waals surface area contributed by atoms with Gasteiger partial charge >= 0.3 is 0 Å². The molecule has 0 saturated heterocycles. The van der Waals surface area contributed by atoms with Gasteiger partial charge in [-0.05, 0) is 31.4 Å². The van der Waals surface area contributed by atoms with E-state index in [-0.39, 0.29) is 4.21 Å². The average Bonchev–Trinajstić information content (AvgIpc) is 2.80. The molecule has 0 spiro atoms. The van der Waals surface area contributed by atoms with E-state index in [0.29, 0.717) is 6.04 Å². The zero-order valence-electron chi connectivity index (χ0n) is 8.27. The summed E-state index contributed by atoms with van der Waals surface area (Å²) in [5.41, 5.74) is 0. The number of primary sulfonamides is 1. The lowest BCUT2D eigenvalue weighted by Crippen LogP contribution is -2.18. The Morgan fingerprint density at radius 2 is 2.20 bits per heavy atom. The van der Waals surface area contributed by atoms with E-state index < -0.39 is 10.0 Å². The molecule has 0 bridgehead atoms. The summed E-state index contributed by atoms with van der Waals surface area (Å²) in [5, 5.41) is 8.40. The number of hydrogen-bond acceptors (Lipinski definition) is 4. The van der Waals surface area contributed by atoms with Crippen molar-refractivity contribution in [3.63, 3.8) is 0 Å². The predicted molar refractivity (Wildman–Crippen MR) is 60.4 cm³/mol. The second-order valence-electron chi connectivity index (χ2n) is 3.74. The van der Waals surface area contributed by atoms with Gasteiger partial charge in [0.2, 0.25) is 10.0 Å². The summed E-state index contributed by atoms with van der Waals surface area (Å²) in [7, 11) is -3.51. The zero-order valence-corrected chi connectivity index (χ0v) is 9.90. The molecule has 1 saturated carbocycles. The third-order valence-corrected chi connectivity index (χ3v) is 4.88. The van der Waals surface area contributed by atoms with Crippen LogP contribution >= 0.6 is 11.3 Å². The SMILES string of the molecule is NS(=O)(=O)c1ccc(CCNC2CC2)s1. The minimum absolute atomic E-state index is 0.254. The van der Waals surface area contributed by atoms with Crippen LogP contribution in [0, 0.1) is 0 Å². The van der Waals surface area contributed by atoms with Crippen LogP contribution < -0.4 is 10.5 Å². The quantitative estimate of drug-likeness (QED) is 0.803. The highest BCUT2D eigenvalue weighted by molar-refractivity contribution is 7.91. The molecule has 0 amide bonds. The summed E-state index contributed by atoms with van der Waals surface area (Å²) in [6.45, 7) is 0.912. The largest absolute Gasteiger partial charge is 0.314 e. The number of nitrogens with two attached hydrogens (primary N) is 1. The molecule has 0 aromatic carbocycles. The molecule has 4 nitrogen and oxygen atoms in total. The summed E-state index contributed by atoms with van der Waals surface area (Å²) in [6, 6.07) is 4.11. The molecule has 1 aromatic rings. The van der Waals surface area contributed by atoms with Gasteiger partial charge in [0.25, 0.3) is 0 Å². The van der Waals surface area contributed by atoms with E-state index in [0.717, 1.165) is 17.8 Å². The Labute approximate surface area is 93.5 Å². The summed E-state index contributed by atoms with van der Waals surface area (Å²) in [6.07, 6.45) is 3.41. The molecule has 1 heterocycles. The van der Waals surface area contributed by atoms with Crippen molar-refractivity contribution in [1.29, 1.82) is 0 Å². The number of rotatable bonds is 5. The van der Waals surface area contributed by atoms with Crippen molar-refractivity contribution in [3.05, 3.63) is 17.0 Å². The summed E-state index contributed by atoms with van der Waals surface area (Å²) in [4.78, 5) is 1.06. The molecule has 15 heavy (non-hydrogen) atoms. The lowest BCUT2D eigenvalue weighted by atomic mass is 10.3. The molecule has 1 aliphatic carbocycles. The Balaban J connectivity index is 1.88. The van der Waals surface area contributed by atoms with Crippen molar-refractivity contribution >= 4 is 21.4 Å². The Kier molecular flexibility index (Phi) is 3.11. The molecular formula is C9H14N2O2S2. The van der Waals surface area contributed by atoms with E-state index in [2.05, 4.69) is 5.32 Å². The van der Waals surface area contributed by atoms with Crippen LogP contribution in [-0.4, -0.2) is 21.0 Å². The Morgan fingerprint density at radius 1 is 1.47 bits per heavy atom. The molecule has 1 fully saturated rings. The number of sulfonamides is 1. The lowest BCUT2D eigenvalue weighted by Gasteiger charge is -1.99. The first-order chi connectivity index (χ1) is 7.05. The smallest absolute Gasteiger partial charge is 0.247 e. The van der Waals surface area contributed by atoms with Gasteiger partial charge in [-0.15, -0.1) is 11.3 Å². The van der Waals surface area contributed by atoms with E-state index in [1.165, 1.54) is 24.2 Å². The Morgan fingerprint density at radius 3 is 2.73 bits per heavy atom. The van der Waals surface area contributed by atoms with Crippen molar-refractivity contribution in [2.24, 2.45) is 5.14 Å². The summed E-state index contributed by atoms with van der Waals surface area (Å²) in [5.74, 6) is 0. The lowest BCUT2D eigenvalue weighted by molar-refractivity contribution is 0.600. The van der Waals surface area contributed by atoms with Gasteiger partial charge in [0.1, 0.15) is 4.21 Å². The van der Waals surface area contributed by atoms with Gasteiger partial charge in [0.15, 0.2) is 0 Å². The van der Waals surface area contributed by atoms with Gasteiger partial charge in [0, 0.05) is 17.5 Å². The maximum absolute atomic E-state index is 11.0. The highest BCUT2D eigenvalue weighted by Gasteiger charge is 2.19. The topological polar surface area (TPSA) is 72.2 Å². The van der Waals surface area contributed by atoms with Crippen LogP contribution in [0.25, 0.3) is 0 Å². The Hall–Kier alpha value is -0.430. The second kappa shape index (κ2) is 4.21. The van der Waals surface area contributed by atoms with Crippen LogP contribution in [0.15, 0.2) is 16.3 Å². The van der Waals surface area contributed by atoms with Crippen LogP contribution in [0.3, 0.4) is 0 Å². The minimum atomic E-state index is -3.51. The minimum Gasteiger partial charge on any atom is -0.314 e. The van der Waals surface area contributed by atoms with Crippen molar-refractivity contribution in [2.75, 3.05) is 6.54 Å². The first kappa shape index (κ1) is 11.1. The van der Waals surface area contributed by atoms with Gasteiger partial charge in [-0.25, -0.2) is 13.6 Å². The van der Waals surface area contributed by atoms with Crippen molar-refractivity contribution in [2.45, 2.75) is 29.5 Å². The highest BCUT2D eigenvalue weighted by atomic mass is 32.2. The number of nitrogens with one attached hydrogen (secondary N) is 1. The van der Waals surface area contributed by atoms with Crippen LogP contribution in [-0.2, 0) is 16.4 Å². The van der Waals surface area contributed by atoms with Gasteiger partial charge in [-0.1, -0.05) is 0 Å². The normalized spacial score (nSPS) is 16.9. The fourth-order valence-corrected chi connectivity index (χ4v) is 3.11. The van der Waals surface area contributed by atoms with E-state index in [1.54, 1.807) is 6.07 Å². The average molecular weight is 246 g/mol. The molecule has 0 unspecified atom stereocenters. The first-order valence-corrected chi connectivity index (χ1v) is 7.27. The molecular weight excluding hydrogens is 232 g/mol. The highest BCUT2D eigenvalue weighted by Crippen LogP contribution is 2.21.